The predicted molar refractivity (Wildman–Crippen MR) is 173 cm³/mol. The third kappa shape index (κ3) is 4.82. The number of aryl methyl sites for hydroxylation is 1. The largest absolute Gasteiger partial charge is 0.461 e. The fourth-order valence-electron chi connectivity index (χ4n) is 8.12. The van der Waals surface area contributed by atoms with Crippen LogP contribution in [0.3, 0.4) is 0 Å². The van der Waals surface area contributed by atoms with Crippen LogP contribution in [-0.2, 0) is 23.0 Å². The summed E-state index contributed by atoms with van der Waals surface area (Å²) >= 11 is 6.87. The van der Waals surface area contributed by atoms with Gasteiger partial charge in [-0.15, -0.1) is 0 Å². The number of nitrogens with zero attached hydrogens (tertiary/aromatic N) is 8. The number of hydrogen-bond acceptors (Lipinski definition) is 11. The average molecular weight is 678 g/mol. The molecule has 0 saturated carbocycles. The van der Waals surface area contributed by atoms with E-state index in [1.54, 1.807) is 18.5 Å². The maximum absolute atomic E-state index is 17.2. The minimum absolute atomic E-state index is 0.0201. The smallest absolute Gasteiger partial charge is 0.319 e. The lowest BCUT2D eigenvalue weighted by Gasteiger charge is -2.32. The van der Waals surface area contributed by atoms with Crippen LogP contribution in [0.2, 0.25) is 5.02 Å². The van der Waals surface area contributed by atoms with Gasteiger partial charge in [-0.25, -0.2) is 8.78 Å². The van der Waals surface area contributed by atoms with E-state index in [9.17, 15) is 4.39 Å². The van der Waals surface area contributed by atoms with Gasteiger partial charge < -0.3 is 18.9 Å². The molecule has 0 spiro atoms. The molecule has 5 aromatic rings. The van der Waals surface area contributed by atoms with Crippen molar-refractivity contribution in [1.82, 2.24) is 40.2 Å². The van der Waals surface area contributed by atoms with E-state index in [2.05, 4.69) is 25.2 Å². The molecule has 8 bridgehead atoms. The summed E-state index contributed by atoms with van der Waals surface area (Å²) in [5, 5.41) is 13.1. The van der Waals surface area contributed by atoms with Crippen LogP contribution in [-0.4, -0.2) is 97.9 Å². The van der Waals surface area contributed by atoms with Crippen molar-refractivity contribution in [2.24, 2.45) is 0 Å². The first kappa shape index (κ1) is 30.1. The van der Waals surface area contributed by atoms with E-state index in [4.69, 9.17) is 40.5 Å². The summed E-state index contributed by atoms with van der Waals surface area (Å²) in [6.07, 6.45) is 6.17. The molecule has 0 aliphatic carbocycles. The number of halogens is 3. The van der Waals surface area contributed by atoms with E-state index in [1.807, 2.05) is 11.8 Å². The van der Waals surface area contributed by atoms with Crippen molar-refractivity contribution in [1.29, 1.82) is 0 Å². The van der Waals surface area contributed by atoms with Crippen molar-refractivity contribution in [3.8, 4) is 17.3 Å². The van der Waals surface area contributed by atoms with Gasteiger partial charge in [-0.1, -0.05) is 16.8 Å². The lowest BCUT2D eigenvalue weighted by molar-refractivity contribution is 0.107. The summed E-state index contributed by atoms with van der Waals surface area (Å²) < 4.78 is 49.9. The number of fused-ring (bicyclic) bond motifs is 5. The van der Waals surface area contributed by atoms with Crippen LogP contribution in [0.25, 0.3) is 33.1 Å². The highest BCUT2D eigenvalue weighted by Crippen LogP contribution is 2.42. The van der Waals surface area contributed by atoms with E-state index < -0.39 is 22.9 Å². The molecule has 3 saturated heterocycles. The second kappa shape index (κ2) is 11.3. The molecule has 0 radical (unpaired) electrons. The molecule has 1 unspecified atom stereocenters. The molecule has 12 nitrogen and oxygen atoms in total. The second-order valence-electron chi connectivity index (χ2n) is 13.8. The van der Waals surface area contributed by atoms with Crippen molar-refractivity contribution in [3.63, 3.8) is 0 Å². The van der Waals surface area contributed by atoms with Crippen LogP contribution < -0.4 is 9.64 Å². The number of hydrogen-bond donors (Lipinski definition) is 1. The van der Waals surface area contributed by atoms with Crippen LogP contribution in [0.15, 0.2) is 23.0 Å². The summed E-state index contributed by atoms with van der Waals surface area (Å²) in [6, 6.07) is 1.82. The number of aromatic nitrogens is 7. The molecule has 5 aliphatic rings. The Bertz CT molecular complexity index is 2060. The van der Waals surface area contributed by atoms with Crippen molar-refractivity contribution >= 4 is 39.2 Å². The molecule has 5 aliphatic heterocycles. The number of aromatic amines is 1. The van der Waals surface area contributed by atoms with Gasteiger partial charge in [0.1, 0.15) is 29.8 Å². The highest BCUT2D eigenvalue weighted by atomic mass is 35.5. The van der Waals surface area contributed by atoms with Gasteiger partial charge in [0, 0.05) is 54.6 Å². The van der Waals surface area contributed by atoms with Gasteiger partial charge in [0.05, 0.1) is 41.3 Å². The van der Waals surface area contributed by atoms with Gasteiger partial charge in [-0.05, 0) is 50.8 Å². The molecule has 10 rings (SSSR count). The predicted octanol–water partition coefficient (Wildman–Crippen LogP) is 4.98. The summed E-state index contributed by atoms with van der Waals surface area (Å²) in [7, 11) is 0. The maximum atomic E-state index is 17.2. The molecule has 4 aromatic heterocycles. The van der Waals surface area contributed by atoms with Gasteiger partial charge in [0.15, 0.2) is 11.6 Å². The Morgan fingerprint density at radius 2 is 2.06 bits per heavy atom. The number of anilines is 1. The first-order valence-corrected chi connectivity index (χ1v) is 16.9. The Kier molecular flexibility index (Phi) is 7.07. The first-order chi connectivity index (χ1) is 23.3. The minimum Gasteiger partial charge on any atom is -0.461 e. The van der Waals surface area contributed by atoms with Gasteiger partial charge >= 0.3 is 6.01 Å². The number of pyridine rings is 1. The van der Waals surface area contributed by atoms with Gasteiger partial charge in [0.2, 0.25) is 5.89 Å². The number of rotatable bonds is 3. The summed E-state index contributed by atoms with van der Waals surface area (Å²) in [5.41, 5.74) is 1.02. The zero-order valence-electron chi connectivity index (χ0n) is 26.4. The zero-order valence-corrected chi connectivity index (χ0v) is 27.2. The van der Waals surface area contributed by atoms with Gasteiger partial charge in [-0.2, -0.15) is 20.1 Å². The fourth-order valence-corrected chi connectivity index (χ4v) is 8.42. The molecule has 1 N–H and O–H groups in total. The first-order valence-electron chi connectivity index (χ1n) is 16.5. The normalized spacial score (nSPS) is 26.0. The van der Waals surface area contributed by atoms with Crippen molar-refractivity contribution in [3.05, 3.63) is 46.6 Å². The van der Waals surface area contributed by atoms with Crippen molar-refractivity contribution in [2.45, 2.75) is 62.6 Å². The Hall–Kier alpha value is -4.01. The Labute approximate surface area is 279 Å². The third-order valence-corrected chi connectivity index (χ3v) is 10.8. The lowest BCUT2D eigenvalue weighted by Crippen LogP contribution is -2.43. The minimum atomic E-state index is -0.910. The van der Waals surface area contributed by atoms with E-state index in [1.165, 1.54) is 0 Å². The lowest BCUT2D eigenvalue weighted by atomic mass is 9.90. The van der Waals surface area contributed by atoms with E-state index in [0.717, 1.165) is 24.9 Å². The van der Waals surface area contributed by atoms with Crippen LogP contribution >= 0.6 is 11.6 Å². The average Bonchev–Trinajstić information content (AvgIpc) is 3.84. The molecule has 48 heavy (non-hydrogen) atoms. The number of ether oxygens (including phenoxy) is 2. The highest BCUT2D eigenvalue weighted by molar-refractivity contribution is 6.33. The number of H-pyrrole nitrogens is 1. The van der Waals surface area contributed by atoms with E-state index in [0.29, 0.717) is 103 Å². The Morgan fingerprint density at radius 1 is 1.15 bits per heavy atom. The second-order valence-corrected chi connectivity index (χ2v) is 14.2. The SMILES string of the molecule is CC12COCCN(C1)c1nc(OC[C@@]34CCCN3C[C@H](F)C4)nc3c(F)c(ncc13)-c1c(c(Cl)cc3[nH]ncc13)CCCc1nc2no1. The van der Waals surface area contributed by atoms with E-state index in [-0.39, 0.29) is 23.8 Å². The summed E-state index contributed by atoms with van der Waals surface area (Å²) in [6.45, 7) is 5.08. The Morgan fingerprint density at radius 3 is 2.98 bits per heavy atom. The standard InChI is InChI=1S/C33H34ClF2N9O3/c1-32-15-44(8-9-46-16-32)29-21-12-37-28(26(36)27(21)40-31(41-29)47-17-33-6-3-7-45(33)14-18(35)11-33)25-19(4-2-5-24-39-30(32)43-48-24)22(34)10-23-20(25)13-38-42-23/h10,12-13,18H,2-9,11,14-17H2,1H3,(H,38,42)/t18-,32?,33+/m1/s1. The molecule has 1 aromatic carbocycles. The molecule has 3 fully saturated rings. The molecular formula is C33H34ClF2N9O3. The number of alkyl halides is 1. The maximum Gasteiger partial charge on any atom is 0.319 e. The van der Waals surface area contributed by atoms with E-state index >= 15 is 4.39 Å². The van der Waals surface area contributed by atoms with Gasteiger partial charge in [0.25, 0.3) is 0 Å². The van der Waals surface area contributed by atoms with Gasteiger partial charge in [-0.3, -0.25) is 15.0 Å². The van der Waals surface area contributed by atoms with Crippen LogP contribution in [0.5, 0.6) is 6.01 Å². The molecule has 250 valence electrons. The molecule has 3 atom stereocenters. The molecular weight excluding hydrogens is 644 g/mol. The topological polar surface area (TPSA) is 131 Å². The van der Waals surface area contributed by atoms with Crippen LogP contribution in [0.4, 0.5) is 14.6 Å². The Balaban J connectivity index is 1.25. The molecule has 0 amide bonds. The highest BCUT2D eigenvalue weighted by Gasteiger charge is 2.49. The third-order valence-electron chi connectivity index (χ3n) is 10.5. The van der Waals surface area contributed by atoms with Crippen molar-refractivity contribution in [2.75, 3.05) is 50.9 Å². The number of benzene rings is 1. The van der Waals surface area contributed by atoms with Crippen molar-refractivity contribution < 1.29 is 22.8 Å². The monoisotopic (exact) mass is 677 g/mol. The quantitative estimate of drug-likeness (QED) is 0.277. The summed E-state index contributed by atoms with van der Waals surface area (Å²) in [5.74, 6) is 0.872. The molecule has 9 heterocycles. The fraction of sp³-hybridized carbons (Fsp3) is 0.515. The number of nitrogens with one attached hydrogen (secondary N) is 1. The van der Waals surface area contributed by atoms with Crippen LogP contribution in [0.1, 0.15) is 49.9 Å². The molecule has 15 heteroatoms. The summed E-state index contributed by atoms with van der Waals surface area (Å²) in [4.78, 5) is 23.3. The van der Waals surface area contributed by atoms with Crippen LogP contribution in [0, 0.1) is 5.82 Å². The zero-order chi connectivity index (χ0) is 32.6.